The molecule has 0 aliphatic heterocycles. The van der Waals surface area contributed by atoms with Gasteiger partial charge in [0.25, 0.3) is 5.91 Å². The zero-order valence-electron chi connectivity index (χ0n) is 9.90. The fourth-order valence-corrected chi connectivity index (χ4v) is 1.74. The lowest BCUT2D eigenvalue weighted by Crippen LogP contribution is -2.43. The molecule has 0 fully saturated rings. The standard InChI is InChI=1S/C12H17IN2O2/c1-7(2)10(6-14)15-12(17)8-3-4-9(13)11(16)5-8/h3-5,7,10,16H,6,14H2,1-2H3,(H,15,17). The maximum atomic E-state index is 11.9. The highest BCUT2D eigenvalue weighted by Crippen LogP contribution is 2.20. The molecule has 0 spiro atoms. The topological polar surface area (TPSA) is 75.3 Å². The number of phenols is 1. The van der Waals surface area contributed by atoms with Gasteiger partial charge in [0.15, 0.2) is 0 Å². The Morgan fingerprint density at radius 3 is 2.65 bits per heavy atom. The molecule has 0 bridgehead atoms. The van der Waals surface area contributed by atoms with Crippen molar-refractivity contribution in [1.29, 1.82) is 0 Å². The number of nitrogens with two attached hydrogens (primary N) is 1. The number of hydrogen-bond acceptors (Lipinski definition) is 3. The van der Waals surface area contributed by atoms with Crippen LogP contribution in [0.15, 0.2) is 18.2 Å². The van der Waals surface area contributed by atoms with Crippen molar-refractivity contribution in [3.8, 4) is 5.75 Å². The maximum Gasteiger partial charge on any atom is 0.251 e. The molecule has 0 aromatic heterocycles. The molecule has 0 heterocycles. The fourth-order valence-electron chi connectivity index (χ4n) is 1.40. The number of nitrogens with one attached hydrogen (secondary N) is 1. The highest BCUT2D eigenvalue weighted by Gasteiger charge is 2.16. The molecule has 4 N–H and O–H groups in total. The highest BCUT2D eigenvalue weighted by atomic mass is 127. The van der Waals surface area contributed by atoms with Gasteiger partial charge in [0, 0.05) is 18.2 Å². The first-order valence-electron chi connectivity index (χ1n) is 5.45. The second-order valence-corrected chi connectivity index (χ2v) is 5.39. The Labute approximate surface area is 115 Å². The van der Waals surface area contributed by atoms with Gasteiger partial charge in [0.05, 0.1) is 3.57 Å². The molecule has 1 aromatic rings. The van der Waals surface area contributed by atoms with E-state index >= 15 is 0 Å². The third-order valence-corrected chi connectivity index (χ3v) is 3.50. The minimum absolute atomic E-state index is 0.0519. The van der Waals surface area contributed by atoms with Crippen LogP contribution in [0.2, 0.25) is 0 Å². The Bertz CT molecular complexity index is 407. The summed E-state index contributed by atoms with van der Waals surface area (Å²) in [5.74, 6) is 0.189. The van der Waals surface area contributed by atoms with Crippen molar-refractivity contribution in [3.05, 3.63) is 27.3 Å². The molecule has 0 aliphatic rings. The number of phenolic OH excluding ortho intramolecular Hbond substituents is 1. The van der Waals surface area contributed by atoms with Crippen molar-refractivity contribution in [2.75, 3.05) is 6.54 Å². The number of aromatic hydroxyl groups is 1. The molecule has 1 unspecified atom stereocenters. The molecule has 0 saturated heterocycles. The lowest BCUT2D eigenvalue weighted by molar-refractivity contribution is 0.0927. The van der Waals surface area contributed by atoms with E-state index in [0.717, 1.165) is 3.57 Å². The number of halogens is 1. The van der Waals surface area contributed by atoms with Crippen molar-refractivity contribution in [2.24, 2.45) is 11.7 Å². The molecular formula is C12H17IN2O2. The van der Waals surface area contributed by atoms with Gasteiger partial charge in [-0.2, -0.15) is 0 Å². The van der Waals surface area contributed by atoms with E-state index in [9.17, 15) is 9.90 Å². The van der Waals surface area contributed by atoms with Gasteiger partial charge in [0.1, 0.15) is 5.75 Å². The van der Waals surface area contributed by atoms with Crippen LogP contribution >= 0.6 is 22.6 Å². The molecule has 0 saturated carbocycles. The summed E-state index contributed by atoms with van der Waals surface area (Å²) in [6.07, 6.45) is 0. The first kappa shape index (κ1) is 14.2. The van der Waals surface area contributed by atoms with Crippen LogP contribution in [0.4, 0.5) is 0 Å². The van der Waals surface area contributed by atoms with Gasteiger partial charge in [-0.25, -0.2) is 0 Å². The van der Waals surface area contributed by atoms with Crippen LogP contribution in [0.3, 0.4) is 0 Å². The first-order chi connectivity index (χ1) is 7.95. The molecule has 1 rings (SSSR count). The van der Waals surface area contributed by atoms with Crippen molar-refractivity contribution in [1.82, 2.24) is 5.32 Å². The monoisotopic (exact) mass is 348 g/mol. The van der Waals surface area contributed by atoms with Crippen molar-refractivity contribution < 1.29 is 9.90 Å². The first-order valence-corrected chi connectivity index (χ1v) is 6.53. The summed E-state index contributed by atoms with van der Waals surface area (Å²) in [6, 6.07) is 4.80. The van der Waals surface area contributed by atoms with E-state index in [2.05, 4.69) is 5.32 Å². The van der Waals surface area contributed by atoms with Gasteiger partial charge in [0.2, 0.25) is 0 Å². The van der Waals surface area contributed by atoms with Crippen molar-refractivity contribution in [3.63, 3.8) is 0 Å². The highest BCUT2D eigenvalue weighted by molar-refractivity contribution is 14.1. The summed E-state index contributed by atoms with van der Waals surface area (Å²) in [5.41, 5.74) is 6.04. The molecule has 1 amide bonds. The van der Waals surface area contributed by atoms with Crippen LogP contribution in [0, 0.1) is 9.49 Å². The summed E-state index contributed by atoms with van der Waals surface area (Å²) in [4.78, 5) is 11.9. The van der Waals surface area contributed by atoms with Crippen molar-refractivity contribution in [2.45, 2.75) is 19.9 Å². The summed E-state index contributed by atoms with van der Waals surface area (Å²) >= 11 is 2.01. The van der Waals surface area contributed by atoms with Gasteiger partial charge < -0.3 is 16.2 Å². The van der Waals surface area contributed by atoms with E-state index in [0.29, 0.717) is 12.1 Å². The smallest absolute Gasteiger partial charge is 0.251 e. The Kier molecular flexibility index (Phi) is 5.20. The number of carbonyl (C=O) groups excluding carboxylic acids is 1. The average molecular weight is 348 g/mol. The fraction of sp³-hybridized carbons (Fsp3) is 0.417. The van der Waals surface area contributed by atoms with E-state index in [-0.39, 0.29) is 23.6 Å². The summed E-state index contributed by atoms with van der Waals surface area (Å²) < 4.78 is 0.721. The maximum absolute atomic E-state index is 11.9. The van der Waals surface area contributed by atoms with Gasteiger partial charge >= 0.3 is 0 Å². The zero-order valence-corrected chi connectivity index (χ0v) is 12.1. The zero-order chi connectivity index (χ0) is 13.0. The number of amides is 1. The quantitative estimate of drug-likeness (QED) is 0.725. The van der Waals surface area contributed by atoms with Crippen LogP contribution < -0.4 is 11.1 Å². The van der Waals surface area contributed by atoms with Crippen molar-refractivity contribution >= 4 is 28.5 Å². The number of benzene rings is 1. The van der Waals surface area contributed by atoms with Gasteiger partial charge in [-0.15, -0.1) is 0 Å². The minimum atomic E-state index is -0.208. The van der Waals surface area contributed by atoms with E-state index in [1.54, 1.807) is 12.1 Å². The van der Waals surface area contributed by atoms with E-state index in [1.165, 1.54) is 6.07 Å². The minimum Gasteiger partial charge on any atom is -0.507 e. The Hall–Kier alpha value is -0.820. The molecule has 94 valence electrons. The number of carbonyl (C=O) groups is 1. The predicted molar refractivity (Wildman–Crippen MR) is 76.0 cm³/mol. The molecule has 5 heteroatoms. The van der Waals surface area contributed by atoms with E-state index < -0.39 is 0 Å². The predicted octanol–water partition coefficient (Wildman–Crippen LogP) is 1.71. The number of rotatable bonds is 4. The lowest BCUT2D eigenvalue weighted by Gasteiger charge is -2.20. The number of hydrogen-bond donors (Lipinski definition) is 3. The third-order valence-electron chi connectivity index (χ3n) is 2.58. The molecule has 1 aromatic carbocycles. The summed E-state index contributed by atoms with van der Waals surface area (Å²) in [5, 5.41) is 12.4. The summed E-state index contributed by atoms with van der Waals surface area (Å²) in [7, 11) is 0. The molecular weight excluding hydrogens is 331 g/mol. The Morgan fingerprint density at radius 2 is 2.18 bits per heavy atom. The van der Waals surface area contributed by atoms with E-state index in [1.807, 2.05) is 36.4 Å². The molecule has 0 aliphatic carbocycles. The molecule has 1 atom stereocenters. The van der Waals surface area contributed by atoms with Crippen LogP contribution in [0.1, 0.15) is 24.2 Å². The van der Waals surface area contributed by atoms with Gasteiger partial charge in [-0.3, -0.25) is 4.79 Å². The Morgan fingerprint density at radius 1 is 1.53 bits per heavy atom. The van der Waals surface area contributed by atoms with Crippen LogP contribution in [-0.4, -0.2) is 23.6 Å². The van der Waals surface area contributed by atoms with Crippen LogP contribution in [0.25, 0.3) is 0 Å². The SMILES string of the molecule is CC(C)C(CN)NC(=O)c1ccc(I)c(O)c1. The second-order valence-electron chi connectivity index (χ2n) is 4.23. The normalized spacial score (nSPS) is 12.5. The van der Waals surface area contributed by atoms with Gasteiger partial charge in [-0.1, -0.05) is 13.8 Å². The average Bonchev–Trinajstić information content (AvgIpc) is 2.28. The molecule has 0 radical (unpaired) electrons. The summed E-state index contributed by atoms with van der Waals surface area (Å²) in [6.45, 7) is 4.41. The lowest BCUT2D eigenvalue weighted by atomic mass is 10.0. The van der Waals surface area contributed by atoms with Crippen LogP contribution in [-0.2, 0) is 0 Å². The second kappa shape index (κ2) is 6.20. The van der Waals surface area contributed by atoms with Gasteiger partial charge in [-0.05, 0) is 46.7 Å². The third kappa shape index (κ3) is 3.85. The molecule has 17 heavy (non-hydrogen) atoms. The Balaban J connectivity index is 2.79. The van der Waals surface area contributed by atoms with E-state index in [4.69, 9.17) is 5.73 Å². The van der Waals surface area contributed by atoms with Crippen LogP contribution in [0.5, 0.6) is 5.75 Å². The molecule has 4 nitrogen and oxygen atoms in total. The largest absolute Gasteiger partial charge is 0.507 e.